The first-order valence-electron chi connectivity index (χ1n) is 10.2. The summed E-state index contributed by atoms with van der Waals surface area (Å²) in [5.74, 6) is -0.484. The zero-order valence-electron chi connectivity index (χ0n) is 18.0. The molecule has 0 radical (unpaired) electrons. The van der Waals surface area contributed by atoms with E-state index in [1.54, 1.807) is 24.3 Å². The van der Waals surface area contributed by atoms with Crippen molar-refractivity contribution in [2.24, 2.45) is 5.92 Å². The van der Waals surface area contributed by atoms with Crippen LogP contribution in [0, 0.1) is 24.2 Å². The average Bonchev–Trinajstić information content (AvgIpc) is 3.25. The van der Waals surface area contributed by atoms with Gasteiger partial charge >= 0.3 is 6.03 Å². The van der Waals surface area contributed by atoms with Gasteiger partial charge in [0.2, 0.25) is 11.0 Å². The van der Waals surface area contributed by atoms with Crippen molar-refractivity contribution in [3.8, 4) is 16.6 Å². The Morgan fingerprint density at radius 1 is 1.12 bits per heavy atom. The molecule has 164 valence electrons. The number of hydrogen-bond donors (Lipinski definition) is 3. The van der Waals surface area contributed by atoms with E-state index in [1.807, 2.05) is 51.1 Å². The lowest BCUT2D eigenvalue weighted by atomic mass is 9.98. The number of benzene rings is 2. The molecular weight excluding hydrogens is 424 g/mol. The number of aromatic nitrogens is 2. The summed E-state index contributed by atoms with van der Waals surface area (Å²) >= 11 is 1.27. The number of carbonyl (C=O) groups excluding carboxylic acids is 2. The zero-order chi connectivity index (χ0) is 23.1. The molecule has 2 atom stereocenters. The number of anilines is 2. The number of urea groups is 1. The van der Waals surface area contributed by atoms with E-state index in [0.717, 1.165) is 11.1 Å². The second kappa shape index (κ2) is 10.5. The van der Waals surface area contributed by atoms with Gasteiger partial charge in [-0.05, 0) is 37.1 Å². The third-order valence-corrected chi connectivity index (χ3v) is 5.84. The first-order valence-corrected chi connectivity index (χ1v) is 11.0. The monoisotopic (exact) mass is 448 g/mol. The number of nitrogens with zero attached hydrogens (tertiary/aromatic N) is 3. The van der Waals surface area contributed by atoms with Crippen molar-refractivity contribution >= 4 is 34.1 Å². The molecule has 1 heterocycles. The van der Waals surface area contributed by atoms with Crippen LogP contribution >= 0.6 is 11.3 Å². The summed E-state index contributed by atoms with van der Waals surface area (Å²) in [5, 5.41) is 26.5. The summed E-state index contributed by atoms with van der Waals surface area (Å²) in [5.41, 5.74) is 2.94. The predicted octanol–water partition coefficient (Wildman–Crippen LogP) is 4.56. The van der Waals surface area contributed by atoms with Crippen LogP contribution in [-0.4, -0.2) is 28.2 Å². The van der Waals surface area contributed by atoms with E-state index in [4.69, 9.17) is 5.26 Å². The van der Waals surface area contributed by atoms with E-state index < -0.39 is 12.1 Å². The van der Waals surface area contributed by atoms with Crippen molar-refractivity contribution in [2.75, 3.05) is 10.6 Å². The molecule has 0 aliphatic rings. The summed E-state index contributed by atoms with van der Waals surface area (Å²) < 4.78 is 0. The van der Waals surface area contributed by atoms with Gasteiger partial charge in [0.15, 0.2) is 0 Å². The minimum Gasteiger partial charge on any atom is -0.326 e. The maximum Gasteiger partial charge on any atom is 0.319 e. The van der Waals surface area contributed by atoms with Crippen molar-refractivity contribution in [3.05, 3.63) is 59.7 Å². The molecule has 3 N–H and O–H groups in total. The fraction of sp³-hybridized carbons (Fsp3) is 0.261. The molecule has 8 nitrogen and oxygen atoms in total. The molecular formula is C23H24N6O2S. The van der Waals surface area contributed by atoms with Crippen molar-refractivity contribution in [1.82, 2.24) is 15.5 Å². The second-order valence-electron chi connectivity index (χ2n) is 7.43. The van der Waals surface area contributed by atoms with Crippen molar-refractivity contribution in [2.45, 2.75) is 33.2 Å². The van der Waals surface area contributed by atoms with Gasteiger partial charge in [0.25, 0.3) is 0 Å². The molecule has 0 aliphatic carbocycles. The summed E-state index contributed by atoms with van der Waals surface area (Å²) in [6.07, 6.45) is 0.687. The van der Waals surface area contributed by atoms with Gasteiger partial charge in [-0.2, -0.15) is 5.26 Å². The zero-order valence-corrected chi connectivity index (χ0v) is 18.9. The van der Waals surface area contributed by atoms with Gasteiger partial charge in [0, 0.05) is 11.3 Å². The lowest BCUT2D eigenvalue weighted by Gasteiger charge is -2.23. The highest BCUT2D eigenvalue weighted by molar-refractivity contribution is 7.18. The number of nitrogens with one attached hydrogen (secondary N) is 3. The van der Waals surface area contributed by atoms with E-state index in [-0.39, 0.29) is 11.8 Å². The molecule has 2 unspecified atom stereocenters. The number of nitriles is 1. The predicted molar refractivity (Wildman–Crippen MR) is 125 cm³/mol. The second-order valence-corrected chi connectivity index (χ2v) is 8.40. The summed E-state index contributed by atoms with van der Waals surface area (Å²) in [6, 6.07) is 15.2. The van der Waals surface area contributed by atoms with E-state index in [1.165, 1.54) is 11.3 Å². The van der Waals surface area contributed by atoms with Crippen LogP contribution < -0.4 is 16.0 Å². The first-order chi connectivity index (χ1) is 15.4. The highest BCUT2D eigenvalue weighted by atomic mass is 32.1. The Labute approximate surface area is 190 Å². The third-order valence-electron chi connectivity index (χ3n) is 4.95. The first kappa shape index (κ1) is 22.9. The third kappa shape index (κ3) is 5.89. The summed E-state index contributed by atoms with van der Waals surface area (Å²) in [7, 11) is 0. The lowest BCUT2D eigenvalue weighted by Crippen LogP contribution is -2.49. The van der Waals surface area contributed by atoms with Crippen LogP contribution in [0.1, 0.15) is 31.4 Å². The normalized spacial score (nSPS) is 12.3. The molecule has 0 fully saturated rings. The quantitative estimate of drug-likeness (QED) is 0.489. The van der Waals surface area contributed by atoms with E-state index in [2.05, 4.69) is 26.1 Å². The minimum atomic E-state index is -0.773. The Morgan fingerprint density at radius 3 is 2.62 bits per heavy atom. The van der Waals surface area contributed by atoms with Crippen molar-refractivity contribution in [3.63, 3.8) is 0 Å². The van der Waals surface area contributed by atoms with Crippen LogP contribution in [0.25, 0.3) is 10.6 Å². The van der Waals surface area contributed by atoms with Crippen LogP contribution in [-0.2, 0) is 4.79 Å². The van der Waals surface area contributed by atoms with Crippen LogP contribution in [0.5, 0.6) is 0 Å². The van der Waals surface area contributed by atoms with Gasteiger partial charge in [-0.1, -0.05) is 61.4 Å². The Morgan fingerprint density at radius 2 is 1.91 bits per heavy atom. The molecule has 3 rings (SSSR count). The molecule has 9 heteroatoms. The molecule has 3 amide bonds. The van der Waals surface area contributed by atoms with Crippen LogP contribution in [0.15, 0.2) is 48.5 Å². The van der Waals surface area contributed by atoms with E-state index in [0.29, 0.717) is 27.8 Å². The maximum atomic E-state index is 12.9. The molecule has 3 aromatic rings. The van der Waals surface area contributed by atoms with Gasteiger partial charge < -0.3 is 10.6 Å². The maximum absolute atomic E-state index is 12.9. The number of rotatable bonds is 7. The molecule has 0 saturated heterocycles. The van der Waals surface area contributed by atoms with Gasteiger partial charge in [0.1, 0.15) is 11.0 Å². The SMILES string of the molecule is CCC(C)C(NC(=O)Nc1cccc(C#N)c1)C(=O)Nc1nnc(-c2cccc(C)c2)s1. The highest BCUT2D eigenvalue weighted by Crippen LogP contribution is 2.27. The van der Waals surface area contributed by atoms with E-state index >= 15 is 0 Å². The Balaban J connectivity index is 1.68. The molecule has 0 saturated carbocycles. The Kier molecular flexibility index (Phi) is 7.52. The number of aryl methyl sites for hydroxylation is 1. The Hall–Kier alpha value is -3.77. The van der Waals surface area contributed by atoms with Gasteiger partial charge in [0.05, 0.1) is 11.6 Å². The van der Waals surface area contributed by atoms with Gasteiger partial charge in [-0.3, -0.25) is 10.1 Å². The van der Waals surface area contributed by atoms with Crippen LogP contribution in [0.2, 0.25) is 0 Å². The Bertz CT molecular complexity index is 1150. The fourth-order valence-corrected chi connectivity index (χ4v) is 3.77. The summed E-state index contributed by atoms with van der Waals surface area (Å²) in [4.78, 5) is 25.5. The van der Waals surface area contributed by atoms with E-state index in [9.17, 15) is 9.59 Å². The smallest absolute Gasteiger partial charge is 0.319 e. The topological polar surface area (TPSA) is 120 Å². The number of hydrogen-bond acceptors (Lipinski definition) is 6. The molecule has 0 bridgehead atoms. The van der Waals surface area contributed by atoms with Gasteiger partial charge in [-0.15, -0.1) is 10.2 Å². The van der Waals surface area contributed by atoms with Crippen molar-refractivity contribution < 1.29 is 9.59 Å². The molecule has 32 heavy (non-hydrogen) atoms. The van der Waals surface area contributed by atoms with Crippen LogP contribution in [0.4, 0.5) is 15.6 Å². The largest absolute Gasteiger partial charge is 0.326 e. The average molecular weight is 449 g/mol. The lowest BCUT2D eigenvalue weighted by molar-refractivity contribution is -0.119. The van der Waals surface area contributed by atoms with Gasteiger partial charge in [-0.25, -0.2) is 4.79 Å². The van der Waals surface area contributed by atoms with Crippen molar-refractivity contribution in [1.29, 1.82) is 5.26 Å². The molecule has 2 aromatic carbocycles. The molecule has 1 aromatic heterocycles. The summed E-state index contributed by atoms with van der Waals surface area (Å²) in [6.45, 7) is 5.83. The molecule has 0 spiro atoms. The standard InChI is InChI=1S/C23H24N6O2S/c1-4-15(3)19(26-22(31)25-18-10-6-8-16(12-18)13-24)20(30)27-23-29-28-21(32-23)17-9-5-7-14(2)11-17/h5-12,15,19H,4H2,1-3H3,(H2,25,26,31)(H,27,29,30). The number of amides is 3. The fourth-order valence-electron chi connectivity index (χ4n) is 3.03. The van der Waals surface area contributed by atoms with Crippen LogP contribution in [0.3, 0.4) is 0 Å². The minimum absolute atomic E-state index is 0.115. The number of carbonyl (C=O) groups is 2. The molecule has 0 aliphatic heterocycles. The highest BCUT2D eigenvalue weighted by Gasteiger charge is 2.27.